The van der Waals surface area contributed by atoms with Crippen LogP contribution in [0.1, 0.15) is 71.1 Å². The van der Waals surface area contributed by atoms with E-state index in [1.165, 1.54) is 83.8 Å². The van der Waals surface area contributed by atoms with E-state index in [1.807, 2.05) is 0 Å². The van der Waals surface area contributed by atoms with Crippen LogP contribution in [0.2, 0.25) is 0 Å². The van der Waals surface area contributed by atoms with E-state index in [4.69, 9.17) is 0 Å². The van der Waals surface area contributed by atoms with Crippen LogP contribution in [0.15, 0.2) is 0 Å². The van der Waals surface area contributed by atoms with Crippen molar-refractivity contribution in [3.63, 3.8) is 0 Å². The molecule has 0 amide bonds. The van der Waals surface area contributed by atoms with Gasteiger partial charge < -0.3 is 5.32 Å². The lowest BCUT2D eigenvalue weighted by Crippen LogP contribution is -2.44. The van der Waals surface area contributed by atoms with Crippen molar-refractivity contribution in [1.29, 1.82) is 0 Å². The lowest BCUT2D eigenvalue weighted by atomic mass is 9.71. The Hall–Kier alpha value is -0.0800. The van der Waals surface area contributed by atoms with Gasteiger partial charge in [-0.2, -0.15) is 0 Å². The molecule has 3 fully saturated rings. The Bertz CT molecular complexity index is 273. The molecule has 110 valence electrons. The molecule has 3 aliphatic rings. The van der Waals surface area contributed by atoms with Crippen molar-refractivity contribution in [3.05, 3.63) is 0 Å². The Labute approximate surface area is 119 Å². The van der Waals surface area contributed by atoms with Crippen LogP contribution >= 0.6 is 0 Å². The van der Waals surface area contributed by atoms with Crippen molar-refractivity contribution in [2.24, 2.45) is 5.41 Å². The van der Waals surface area contributed by atoms with Crippen molar-refractivity contribution < 1.29 is 0 Å². The predicted molar refractivity (Wildman–Crippen MR) is 81.4 cm³/mol. The van der Waals surface area contributed by atoms with Gasteiger partial charge in [0.2, 0.25) is 0 Å². The maximum atomic E-state index is 3.89. The molecule has 2 aliphatic carbocycles. The minimum atomic E-state index is 0.793. The van der Waals surface area contributed by atoms with E-state index >= 15 is 0 Å². The van der Waals surface area contributed by atoms with Gasteiger partial charge in [-0.1, -0.05) is 19.8 Å². The third-order valence-corrected chi connectivity index (χ3v) is 6.26. The van der Waals surface area contributed by atoms with Gasteiger partial charge in [-0.25, -0.2) is 0 Å². The minimum absolute atomic E-state index is 0.793. The molecule has 0 radical (unpaired) electrons. The van der Waals surface area contributed by atoms with Crippen molar-refractivity contribution in [1.82, 2.24) is 10.2 Å². The summed E-state index contributed by atoms with van der Waals surface area (Å²) in [4.78, 5) is 2.66. The summed E-state index contributed by atoms with van der Waals surface area (Å²) in [7, 11) is 0. The Kier molecular flexibility index (Phi) is 4.48. The lowest BCUT2D eigenvalue weighted by Gasteiger charge is -2.38. The Morgan fingerprint density at radius 3 is 2.42 bits per heavy atom. The topological polar surface area (TPSA) is 15.3 Å². The Balaban J connectivity index is 1.40. The molecule has 0 aromatic rings. The smallest absolute Gasteiger partial charge is 0.0221 e. The number of hydrogen-bond donors (Lipinski definition) is 1. The highest BCUT2D eigenvalue weighted by Gasteiger charge is 2.37. The number of likely N-dealkylation sites (tertiary alicyclic amines) is 1. The molecule has 1 heterocycles. The molecular weight excluding hydrogens is 232 g/mol. The number of rotatable bonds is 4. The van der Waals surface area contributed by atoms with Gasteiger partial charge in [-0.3, -0.25) is 4.90 Å². The number of hydrogen-bond acceptors (Lipinski definition) is 2. The van der Waals surface area contributed by atoms with Gasteiger partial charge in [-0.15, -0.1) is 0 Å². The maximum Gasteiger partial charge on any atom is 0.0221 e. The highest BCUT2D eigenvalue weighted by Crippen LogP contribution is 2.48. The van der Waals surface area contributed by atoms with Crippen LogP contribution in [0.4, 0.5) is 0 Å². The maximum absolute atomic E-state index is 3.89. The molecule has 1 N–H and O–H groups in total. The third kappa shape index (κ3) is 3.16. The summed E-state index contributed by atoms with van der Waals surface area (Å²) in [5.41, 5.74) is 0.793. The van der Waals surface area contributed by atoms with E-state index in [0.29, 0.717) is 0 Å². The average molecular weight is 264 g/mol. The zero-order valence-electron chi connectivity index (χ0n) is 12.8. The van der Waals surface area contributed by atoms with Crippen LogP contribution in [0.25, 0.3) is 0 Å². The SMILES string of the molecule is CCN1CCCC1CNC1CCC2(CCCC2)CC1. The van der Waals surface area contributed by atoms with Crippen LogP contribution < -0.4 is 5.32 Å². The molecule has 0 aromatic carbocycles. The van der Waals surface area contributed by atoms with E-state index in [-0.39, 0.29) is 0 Å². The molecule has 2 saturated carbocycles. The van der Waals surface area contributed by atoms with Gasteiger partial charge in [0.1, 0.15) is 0 Å². The fourth-order valence-electron chi connectivity index (χ4n) is 4.90. The summed E-state index contributed by atoms with van der Waals surface area (Å²) in [6.45, 7) is 6.12. The number of nitrogens with one attached hydrogen (secondary N) is 1. The first-order valence-electron chi connectivity index (χ1n) is 8.79. The van der Waals surface area contributed by atoms with Crippen LogP contribution in [0.3, 0.4) is 0 Å². The molecule has 0 bridgehead atoms. The van der Waals surface area contributed by atoms with Crippen molar-refractivity contribution in [2.45, 2.75) is 83.2 Å². The van der Waals surface area contributed by atoms with Crippen molar-refractivity contribution in [2.75, 3.05) is 19.6 Å². The Morgan fingerprint density at radius 2 is 1.74 bits per heavy atom. The predicted octanol–water partition coefficient (Wildman–Crippen LogP) is 3.56. The van der Waals surface area contributed by atoms with E-state index in [2.05, 4.69) is 17.1 Å². The van der Waals surface area contributed by atoms with Gasteiger partial charge in [0.25, 0.3) is 0 Å². The van der Waals surface area contributed by atoms with Crippen LogP contribution in [-0.4, -0.2) is 36.6 Å². The lowest BCUT2D eigenvalue weighted by molar-refractivity contribution is 0.161. The van der Waals surface area contributed by atoms with Crippen LogP contribution in [-0.2, 0) is 0 Å². The van der Waals surface area contributed by atoms with E-state index in [1.54, 1.807) is 0 Å². The van der Waals surface area contributed by atoms with Crippen LogP contribution in [0.5, 0.6) is 0 Å². The van der Waals surface area contributed by atoms with E-state index in [9.17, 15) is 0 Å². The van der Waals surface area contributed by atoms with Gasteiger partial charge in [-0.05, 0) is 69.9 Å². The summed E-state index contributed by atoms with van der Waals surface area (Å²) in [6, 6.07) is 1.65. The quantitative estimate of drug-likeness (QED) is 0.835. The first-order valence-corrected chi connectivity index (χ1v) is 8.79. The Morgan fingerprint density at radius 1 is 1.00 bits per heavy atom. The molecule has 19 heavy (non-hydrogen) atoms. The molecular formula is C17H32N2. The zero-order chi connectivity index (χ0) is 13.1. The van der Waals surface area contributed by atoms with Crippen LogP contribution in [0, 0.1) is 5.41 Å². The average Bonchev–Trinajstić information content (AvgIpc) is 3.07. The summed E-state index contributed by atoms with van der Waals surface area (Å²) in [5.74, 6) is 0. The number of likely N-dealkylation sites (N-methyl/N-ethyl adjacent to an activating group) is 1. The first kappa shape index (κ1) is 13.9. The largest absolute Gasteiger partial charge is 0.312 e. The monoisotopic (exact) mass is 264 g/mol. The molecule has 1 spiro atoms. The van der Waals surface area contributed by atoms with Gasteiger partial charge in [0.15, 0.2) is 0 Å². The zero-order valence-corrected chi connectivity index (χ0v) is 12.8. The molecule has 3 rings (SSSR count). The molecule has 1 aliphatic heterocycles. The van der Waals surface area contributed by atoms with Gasteiger partial charge in [0.05, 0.1) is 0 Å². The second kappa shape index (κ2) is 6.13. The van der Waals surface area contributed by atoms with Gasteiger partial charge >= 0.3 is 0 Å². The molecule has 0 aromatic heterocycles. The number of nitrogens with zero attached hydrogens (tertiary/aromatic N) is 1. The van der Waals surface area contributed by atoms with E-state index < -0.39 is 0 Å². The molecule has 1 unspecified atom stereocenters. The second-order valence-electron chi connectivity index (χ2n) is 7.31. The molecule has 2 nitrogen and oxygen atoms in total. The molecule has 1 saturated heterocycles. The second-order valence-corrected chi connectivity index (χ2v) is 7.31. The molecule has 2 heteroatoms. The van der Waals surface area contributed by atoms with Crippen molar-refractivity contribution in [3.8, 4) is 0 Å². The van der Waals surface area contributed by atoms with E-state index in [0.717, 1.165) is 17.5 Å². The summed E-state index contributed by atoms with van der Waals surface area (Å²) in [6.07, 6.45) is 14.8. The van der Waals surface area contributed by atoms with Gasteiger partial charge in [0, 0.05) is 18.6 Å². The summed E-state index contributed by atoms with van der Waals surface area (Å²) < 4.78 is 0. The molecule has 1 atom stereocenters. The summed E-state index contributed by atoms with van der Waals surface area (Å²) >= 11 is 0. The first-order chi connectivity index (χ1) is 9.31. The summed E-state index contributed by atoms with van der Waals surface area (Å²) in [5, 5.41) is 3.89. The third-order valence-electron chi connectivity index (χ3n) is 6.26. The van der Waals surface area contributed by atoms with Crippen molar-refractivity contribution >= 4 is 0 Å². The fraction of sp³-hybridized carbons (Fsp3) is 1.00. The highest BCUT2D eigenvalue weighted by atomic mass is 15.2. The highest BCUT2D eigenvalue weighted by molar-refractivity contribution is 4.92. The standard InChI is InChI=1S/C17H32N2/c1-2-19-13-5-6-16(19)14-18-15-7-11-17(12-8-15)9-3-4-10-17/h15-16,18H,2-14H2,1H3. The normalized spacial score (nSPS) is 32.4. The fourth-order valence-corrected chi connectivity index (χ4v) is 4.90. The minimum Gasteiger partial charge on any atom is -0.312 e.